The third kappa shape index (κ3) is 26.4. The summed E-state index contributed by atoms with van der Waals surface area (Å²) >= 11 is 4.18. The third-order valence-electron chi connectivity index (χ3n) is 9.22. The summed E-state index contributed by atoms with van der Waals surface area (Å²) in [4.78, 5) is 72.6. The van der Waals surface area contributed by atoms with Crippen LogP contribution in [0.1, 0.15) is 142 Å². The highest BCUT2D eigenvalue weighted by atomic mass is 32.1. The van der Waals surface area contributed by atoms with Crippen LogP contribution >= 0.6 is 36.1 Å². The Hall–Kier alpha value is -0.500. The van der Waals surface area contributed by atoms with Gasteiger partial charge in [-0.3, -0.25) is 27.7 Å². The summed E-state index contributed by atoms with van der Waals surface area (Å²) in [6.07, 6.45) is 3.30. The standard InChI is InChI=1S/C34H67O19P3S/c1-2-3-4-5-6-7-8-9-10-11-12-16-19-22-28(36)50-26(24-48-27(35)21-18-15-13-14-17-20-23-57)25-49-56(46,47)53-32-29(37)30(38)33(51-54(40,41)42)34(31(32)39)52-55(43,44)45/h26,29-34,37-39,57H,2-25H2,1H3,(H,46,47)(H2,40,41,42)(H2,43,44,45)/t26-,29?,30+,31-,32?,33?,34-/m1/s1. The molecule has 8 N–H and O–H groups in total. The minimum atomic E-state index is -5.59. The molecular formula is C34H67O19P3S. The van der Waals surface area contributed by atoms with Crippen LogP contribution in [0.3, 0.4) is 0 Å². The first-order valence-electron chi connectivity index (χ1n) is 19.9. The van der Waals surface area contributed by atoms with Crippen molar-refractivity contribution in [3.63, 3.8) is 0 Å². The van der Waals surface area contributed by atoms with E-state index in [-0.39, 0.29) is 12.8 Å². The van der Waals surface area contributed by atoms with Gasteiger partial charge in [-0.25, -0.2) is 13.7 Å². The molecule has 8 atom stereocenters. The molecule has 0 amide bonds. The lowest BCUT2D eigenvalue weighted by Crippen LogP contribution is -2.65. The van der Waals surface area contributed by atoms with Crippen molar-refractivity contribution in [1.29, 1.82) is 0 Å². The molecule has 1 fully saturated rings. The number of hydrogen-bond donors (Lipinski definition) is 9. The number of carbonyl (C=O) groups is 2. The Morgan fingerprint density at radius 1 is 0.544 bits per heavy atom. The Kier molecular flexibility index (Phi) is 28.4. The summed E-state index contributed by atoms with van der Waals surface area (Å²) in [6, 6.07) is 0. The number of hydrogen-bond acceptors (Lipinski definition) is 15. The maximum Gasteiger partial charge on any atom is 0.472 e. The molecule has 0 aromatic carbocycles. The van der Waals surface area contributed by atoms with Gasteiger partial charge in [0.2, 0.25) is 0 Å². The van der Waals surface area contributed by atoms with Gasteiger partial charge in [0.1, 0.15) is 43.2 Å². The number of aliphatic hydroxyl groups is 3. The van der Waals surface area contributed by atoms with Gasteiger partial charge in [0.25, 0.3) is 0 Å². The molecule has 1 aliphatic rings. The SMILES string of the molecule is CCCCCCCCCCCCCCCC(=O)O[C@H](COC(=O)CCCCCCCCS)COP(=O)(O)OC1C(O)[C@H](O)C(OP(=O)(O)O)[C@H](OP(=O)(O)O)[C@@H]1O. The second-order valence-electron chi connectivity index (χ2n) is 14.3. The van der Waals surface area contributed by atoms with Crippen LogP contribution in [0.15, 0.2) is 0 Å². The smallest absolute Gasteiger partial charge is 0.462 e. The second kappa shape index (κ2) is 29.7. The number of thiol groups is 1. The molecule has 57 heavy (non-hydrogen) atoms. The molecule has 0 aromatic rings. The first kappa shape index (κ1) is 54.5. The topological polar surface area (TPSA) is 303 Å². The van der Waals surface area contributed by atoms with E-state index in [4.69, 9.17) is 18.5 Å². The summed E-state index contributed by atoms with van der Waals surface area (Å²) in [6.45, 7) is 0.714. The normalized spacial score (nSPS) is 23.2. The highest BCUT2D eigenvalue weighted by molar-refractivity contribution is 7.80. The third-order valence-corrected chi connectivity index (χ3v) is 11.6. The lowest BCUT2D eigenvalue weighted by molar-refractivity contribution is -0.213. The van der Waals surface area contributed by atoms with Crippen molar-refractivity contribution in [1.82, 2.24) is 0 Å². The van der Waals surface area contributed by atoms with Crippen LogP contribution in [-0.2, 0) is 50.9 Å². The Morgan fingerprint density at radius 2 is 0.947 bits per heavy atom. The highest BCUT2D eigenvalue weighted by Gasteiger charge is 2.56. The average Bonchev–Trinajstić information content (AvgIpc) is 3.12. The van der Waals surface area contributed by atoms with Gasteiger partial charge in [-0.1, -0.05) is 110 Å². The Balaban J connectivity index is 2.81. The zero-order valence-electron chi connectivity index (χ0n) is 32.9. The fraction of sp³-hybridized carbons (Fsp3) is 0.941. The second-order valence-corrected chi connectivity index (χ2v) is 18.5. The van der Waals surface area contributed by atoms with Crippen molar-refractivity contribution in [2.75, 3.05) is 19.0 Å². The van der Waals surface area contributed by atoms with Gasteiger partial charge in [-0.15, -0.1) is 0 Å². The van der Waals surface area contributed by atoms with Crippen molar-refractivity contribution >= 4 is 48.0 Å². The first-order valence-corrected chi connectivity index (χ1v) is 25.1. The predicted molar refractivity (Wildman–Crippen MR) is 210 cm³/mol. The van der Waals surface area contributed by atoms with E-state index in [9.17, 15) is 63.1 Å². The Morgan fingerprint density at radius 3 is 1.40 bits per heavy atom. The van der Waals surface area contributed by atoms with Gasteiger partial charge in [-0.05, 0) is 25.0 Å². The molecular weight excluding hydrogens is 837 g/mol. The summed E-state index contributed by atoms with van der Waals surface area (Å²) in [5.41, 5.74) is 0. The summed E-state index contributed by atoms with van der Waals surface area (Å²) < 4.78 is 65.0. The van der Waals surface area contributed by atoms with Crippen LogP contribution in [0.5, 0.6) is 0 Å². The van der Waals surface area contributed by atoms with E-state index in [1.165, 1.54) is 44.9 Å². The van der Waals surface area contributed by atoms with Crippen LogP contribution in [0, 0.1) is 0 Å². The number of phosphoric acid groups is 3. The van der Waals surface area contributed by atoms with Gasteiger partial charge in [0.15, 0.2) is 6.10 Å². The number of phosphoric ester groups is 3. The average molecular weight is 905 g/mol. The van der Waals surface area contributed by atoms with Gasteiger partial charge in [0.05, 0.1) is 6.61 Å². The van der Waals surface area contributed by atoms with E-state index < -0.39 is 91.3 Å². The quantitative estimate of drug-likeness (QED) is 0.0175. The van der Waals surface area contributed by atoms with E-state index in [1.54, 1.807) is 0 Å². The molecule has 0 bridgehead atoms. The Labute approximate surface area is 341 Å². The molecule has 1 saturated carbocycles. The molecule has 0 spiro atoms. The number of aliphatic hydroxyl groups excluding tert-OH is 3. The van der Waals surface area contributed by atoms with E-state index in [0.717, 1.165) is 70.0 Å². The van der Waals surface area contributed by atoms with E-state index >= 15 is 0 Å². The molecule has 1 rings (SSSR count). The number of carbonyl (C=O) groups excluding carboxylic acids is 2. The minimum absolute atomic E-state index is 0.000133. The van der Waals surface area contributed by atoms with Gasteiger partial charge >= 0.3 is 35.4 Å². The number of unbranched alkanes of at least 4 members (excludes halogenated alkanes) is 17. The van der Waals surface area contributed by atoms with Gasteiger partial charge in [-0.2, -0.15) is 12.6 Å². The van der Waals surface area contributed by atoms with Crippen molar-refractivity contribution < 1.29 is 90.6 Å². The lowest BCUT2D eigenvalue weighted by atomic mass is 9.85. The Bertz CT molecular complexity index is 1250. The first-order chi connectivity index (χ1) is 26.8. The van der Waals surface area contributed by atoms with Crippen molar-refractivity contribution in [2.45, 2.75) is 184 Å². The molecule has 1 aliphatic carbocycles. The predicted octanol–water partition coefficient (Wildman–Crippen LogP) is 5.14. The van der Waals surface area contributed by atoms with Crippen molar-refractivity contribution in [3.8, 4) is 0 Å². The largest absolute Gasteiger partial charge is 0.472 e. The monoisotopic (exact) mass is 904 g/mol. The van der Waals surface area contributed by atoms with E-state index in [1.807, 2.05) is 0 Å². The minimum Gasteiger partial charge on any atom is -0.462 e. The lowest BCUT2D eigenvalue weighted by Gasteiger charge is -2.44. The van der Waals surface area contributed by atoms with Crippen LogP contribution in [0.25, 0.3) is 0 Å². The van der Waals surface area contributed by atoms with Crippen molar-refractivity contribution in [2.24, 2.45) is 0 Å². The molecule has 23 heteroatoms. The molecule has 0 aliphatic heterocycles. The van der Waals surface area contributed by atoms with E-state index in [0.29, 0.717) is 12.8 Å². The molecule has 0 aromatic heterocycles. The fourth-order valence-corrected chi connectivity index (χ4v) is 8.53. The van der Waals surface area contributed by atoms with Gasteiger partial charge < -0.3 is 49.3 Å². The van der Waals surface area contributed by atoms with E-state index in [2.05, 4.69) is 28.6 Å². The fourth-order valence-electron chi connectivity index (χ4n) is 6.21. The van der Waals surface area contributed by atoms with Crippen molar-refractivity contribution in [3.05, 3.63) is 0 Å². The summed E-state index contributed by atoms with van der Waals surface area (Å²) in [5, 5.41) is 31.7. The highest BCUT2D eigenvalue weighted by Crippen LogP contribution is 2.51. The molecule has 4 unspecified atom stereocenters. The van der Waals surface area contributed by atoms with Crippen LogP contribution in [0.4, 0.5) is 0 Å². The number of rotatable bonds is 34. The maximum atomic E-state index is 13.0. The van der Waals surface area contributed by atoms with Crippen LogP contribution in [0.2, 0.25) is 0 Å². The maximum absolute atomic E-state index is 13.0. The van der Waals surface area contributed by atoms with Gasteiger partial charge in [0, 0.05) is 12.8 Å². The number of esters is 2. The molecule has 0 heterocycles. The summed E-state index contributed by atoms with van der Waals surface area (Å²) in [5.74, 6) is -0.511. The molecule has 0 saturated heterocycles. The zero-order chi connectivity index (χ0) is 42.9. The number of ether oxygens (including phenoxy) is 2. The molecule has 338 valence electrons. The van der Waals surface area contributed by atoms with Crippen LogP contribution < -0.4 is 0 Å². The molecule has 0 radical (unpaired) electrons. The van der Waals surface area contributed by atoms with Crippen LogP contribution in [-0.4, -0.2) is 113 Å². The zero-order valence-corrected chi connectivity index (χ0v) is 36.4. The summed E-state index contributed by atoms with van der Waals surface area (Å²) in [7, 11) is -16.6. The molecule has 19 nitrogen and oxygen atoms in total.